The molecule has 7 heteroatoms. The van der Waals surface area contributed by atoms with Crippen LogP contribution in [0, 0.1) is 6.92 Å². The summed E-state index contributed by atoms with van der Waals surface area (Å²) >= 11 is 1.73. The van der Waals surface area contributed by atoms with Crippen molar-refractivity contribution < 1.29 is 14.3 Å². The normalized spacial score (nSPS) is 15.9. The molecule has 1 N–H and O–H groups in total. The van der Waals surface area contributed by atoms with Crippen molar-refractivity contribution in [3.8, 4) is 5.75 Å². The van der Waals surface area contributed by atoms with Crippen molar-refractivity contribution >= 4 is 23.3 Å². The van der Waals surface area contributed by atoms with Crippen molar-refractivity contribution in [1.82, 2.24) is 15.1 Å². The molecule has 0 aliphatic carbocycles. The molecule has 0 unspecified atom stereocenters. The first-order valence-electron chi connectivity index (χ1n) is 10.8. The number of amides is 3. The molecule has 2 heterocycles. The van der Waals surface area contributed by atoms with Crippen molar-refractivity contribution in [2.75, 3.05) is 26.2 Å². The molecule has 0 bridgehead atoms. The number of fused-ring (bicyclic) bond motifs is 1. The third kappa shape index (κ3) is 5.79. The minimum absolute atomic E-state index is 0.0543. The van der Waals surface area contributed by atoms with Crippen LogP contribution in [0.3, 0.4) is 0 Å². The molecule has 0 saturated carbocycles. The maximum atomic E-state index is 13.3. The number of urea groups is 1. The third-order valence-electron chi connectivity index (χ3n) is 5.38. The molecule has 1 aliphatic rings. The highest BCUT2D eigenvalue weighted by Crippen LogP contribution is 2.34. The van der Waals surface area contributed by atoms with E-state index in [1.807, 2.05) is 63.8 Å². The largest absolute Gasteiger partial charge is 0.491 e. The Bertz CT molecular complexity index is 919. The number of carbonyl (C=O) groups excluding carboxylic acids is 2. The maximum Gasteiger partial charge on any atom is 0.318 e. The summed E-state index contributed by atoms with van der Waals surface area (Å²) in [6.45, 7) is 11.2. The van der Waals surface area contributed by atoms with Gasteiger partial charge in [0, 0.05) is 23.5 Å². The molecule has 3 rings (SSSR count). The van der Waals surface area contributed by atoms with Crippen molar-refractivity contribution in [3.05, 3.63) is 51.7 Å². The number of benzene rings is 1. The van der Waals surface area contributed by atoms with E-state index in [0.29, 0.717) is 19.7 Å². The SMILES string of the molecule is CCN(CC(=O)N1CCc2sccc2[C@H]1COc1ccccc1C)C(=O)NC(C)(C)C. The molecule has 1 atom stereocenters. The summed E-state index contributed by atoms with van der Waals surface area (Å²) in [6.07, 6.45) is 0.833. The number of ether oxygens (including phenoxy) is 1. The van der Waals surface area contributed by atoms with E-state index in [9.17, 15) is 9.59 Å². The molecule has 3 amide bonds. The first-order chi connectivity index (χ1) is 14.7. The topological polar surface area (TPSA) is 61.9 Å². The lowest BCUT2D eigenvalue weighted by Gasteiger charge is -2.37. The number of thiophene rings is 1. The van der Waals surface area contributed by atoms with E-state index in [1.54, 1.807) is 16.2 Å². The number of aryl methyl sites for hydroxylation is 1. The second kappa shape index (κ2) is 9.73. The van der Waals surface area contributed by atoms with Crippen LogP contribution in [0.2, 0.25) is 0 Å². The number of rotatable bonds is 6. The van der Waals surface area contributed by atoms with Gasteiger partial charge in [-0.1, -0.05) is 18.2 Å². The van der Waals surface area contributed by atoms with Crippen LogP contribution in [-0.2, 0) is 11.2 Å². The molecular formula is C24H33N3O3S. The first-order valence-corrected chi connectivity index (χ1v) is 11.7. The molecule has 1 aromatic carbocycles. The number of nitrogens with one attached hydrogen (secondary N) is 1. The maximum absolute atomic E-state index is 13.3. The summed E-state index contributed by atoms with van der Waals surface area (Å²) in [5.74, 6) is 0.776. The Hall–Kier alpha value is -2.54. The molecule has 31 heavy (non-hydrogen) atoms. The van der Waals surface area contributed by atoms with Gasteiger partial charge in [0.25, 0.3) is 0 Å². The quantitative estimate of drug-likeness (QED) is 0.720. The fraction of sp³-hybridized carbons (Fsp3) is 0.500. The Balaban J connectivity index is 1.75. The summed E-state index contributed by atoms with van der Waals surface area (Å²) in [4.78, 5) is 30.7. The summed E-state index contributed by atoms with van der Waals surface area (Å²) in [6, 6.07) is 9.62. The van der Waals surface area contributed by atoms with E-state index in [2.05, 4.69) is 16.8 Å². The smallest absolute Gasteiger partial charge is 0.318 e. The highest BCUT2D eigenvalue weighted by atomic mass is 32.1. The van der Waals surface area contributed by atoms with Gasteiger partial charge in [-0.2, -0.15) is 0 Å². The average Bonchev–Trinajstić information content (AvgIpc) is 3.18. The number of hydrogen-bond acceptors (Lipinski definition) is 4. The van der Waals surface area contributed by atoms with Crippen LogP contribution in [0.1, 0.15) is 49.7 Å². The number of hydrogen-bond donors (Lipinski definition) is 1. The van der Waals surface area contributed by atoms with Gasteiger partial charge in [-0.15, -0.1) is 11.3 Å². The van der Waals surface area contributed by atoms with Gasteiger partial charge in [0.2, 0.25) is 5.91 Å². The van der Waals surface area contributed by atoms with Crippen LogP contribution in [0.4, 0.5) is 4.79 Å². The van der Waals surface area contributed by atoms with Gasteiger partial charge in [0.1, 0.15) is 18.9 Å². The van der Waals surface area contributed by atoms with E-state index in [1.165, 1.54) is 4.88 Å². The van der Waals surface area contributed by atoms with Crippen molar-refractivity contribution in [1.29, 1.82) is 0 Å². The molecule has 6 nitrogen and oxygen atoms in total. The lowest BCUT2D eigenvalue weighted by atomic mass is 10.0. The second-order valence-electron chi connectivity index (χ2n) is 8.92. The molecule has 0 saturated heterocycles. The Morgan fingerprint density at radius 2 is 2.00 bits per heavy atom. The second-order valence-corrected chi connectivity index (χ2v) is 9.92. The van der Waals surface area contributed by atoms with Crippen molar-refractivity contribution in [2.45, 2.75) is 52.6 Å². The highest BCUT2D eigenvalue weighted by Gasteiger charge is 2.33. The lowest BCUT2D eigenvalue weighted by molar-refractivity contribution is -0.135. The standard InChI is InChI=1S/C24H33N3O3S/c1-6-26(23(29)25-24(3,4)5)15-22(28)27-13-11-21-18(12-14-31-21)19(27)16-30-20-10-8-7-9-17(20)2/h7-10,12,14,19H,6,11,13,15-16H2,1-5H3,(H,25,29)/t19-/m1/s1. The zero-order valence-corrected chi connectivity index (χ0v) is 19.9. The molecule has 0 spiro atoms. The summed E-state index contributed by atoms with van der Waals surface area (Å²) in [5, 5.41) is 5.03. The van der Waals surface area contributed by atoms with E-state index in [0.717, 1.165) is 23.3 Å². The molecular weight excluding hydrogens is 410 g/mol. The van der Waals surface area contributed by atoms with E-state index >= 15 is 0 Å². The van der Waals surface area contributed by atoms with Crippen LogP contribution in [0.5, 0.6) is 5.75 Å². The minimum Gasteiger partial charge on any atom is -0.491 e. The first kappa shape index (κ1) is 23.1. The molecule has 2 aromatic rings. The summed E-state index contributed by atoms with van der Waals surface area (Å²) < 4.78 is 6.15. The van der Waals surface area contributed by atoms with Crippen molar-refractivity contribution in [2.24, 2.45) is 0 Å². The fourth-order valence-corrected chi connectivity index (χ4v) is 4.67. The van der Waals surface area contributed by atoms with Gasteiger partial charge in [0.05, 0.1) is 6.04 Å². The zero-order chi connectivity index (χ0) is 22.6. The van der Waals surface area contributed by atoms with E-state index < -0.39 is 0 Å². The van der Waals surface area contributed by atoms with Crippen LogP contribution >= 0.6 is 11.3 Å². The molecule has 168 valence electrons. The van der Waals surface area contributed by atoms with Gasteiger partial charge in [-0.05, 0) is 69.7 Å². The minimum atomic E-state index is -0.353. The average molecular weight is 444 g/mol. The van der Waals surface area contributed by atoms with E-state index in [4.69, 9.17) is 4.74 Å². The Labute approximate surface area is 189 Å². The monoisotopic (exact) mass is 443 g/mol. The van der Waals surface area contributed by atoms with Crippen LogP contribution in [0.15, 0.2) is 35.7 Å². The van der Waals surface area contributed by atoms with Gasteiger partial charge in [0.15, 0.2) is 0 Å². The molecule has 1 aliphatic heterocycles. The third-order valence-corrected chi connectivity index (χ3v) is 6.38. The van der Waals surface area contributed by atoms with Gasteiger partial charge in [-0.25, -0.2) is 4.79 Å². The summed E-state index contributed by atoms with van der Waals surface area (Å²) in [7, 11) is 0. The predicted molar refractivity (Wildman–Crippen MR) is 125 cm³/mol. The number of nitrogens with zero attached hydrogens (tertiary/aromatic N) is 2. The van der Waals surface area contributed by atoms with Crippen LogP contribution in [-0.4, -0.2) is 53.5 Å². The Morgan fingerprint density at radius 1 is 1.26 bits per heavy atom. The summed E-state index contributed by atoms with van der Waals surface area (Å²) in [5.41, 5.74) is 1.87. The van der Waals surface area contributed by atoms with Gasteiger partial charge >= 0.3 is 6.03 Å². The van der Waals surface area contributed by atoms with E-state index in [-0.39, 0.29) is 30.1 Å². The number of para-hydroxylation sites is 1. The zero-order valence-electron chi connectivity index (χ0n) is 19.1. The number of carbonyl (C=O) groups is 2. The predicted octanol–water partition coefficient (Wildman–Crippen LogP) is 4.39. The fourth-order valence-electron chi connectivity index (χ4n) is 3.74. The Kier molecular flexibility index (Phi) is 7.26. The van der Waals surface area contributed by atoms with Gasteiger partial charge < -0.3 is 19.9 Å². The van der Waals surface area contributed by atoms with Crippen LogP contribution < -0.4 is 10.1 Å². The van der Waals surface area contributed by atoms with Crippen LogP contribution in [0.25, 0.3) is 0 Å². The van der Waals surface area contributed by atoms with Gasteiger partial charge in [-0.3, -0.25) is 4.79 Å². The molecule has 1 aromatic heterocycles. The molecule has 0 radical (unpaired) electrons. The highest BCUT2D eigenvalue weighted by molar-refractivity contribution is 7.10. The van der Waals surface area contributed by atoms with Crippen molar-refractivity contribution in [3.63, 3.8) is 0 Å². The molecule has 0 fully saturated rings. The lowest BCUT2D eigenvalue weighted by Crippen LogP contribution is -2.52. The Morgan fingerprint density at radius 3 is 2.68 bits per heavy atom. The number of likely N-dealkylation sites (N-methyl/N-ethyl adjacent to an activating group) is 1.